The number of carbonyl (C=O) groups is 2. The largest absolute Gasteiger partial charge is 0.504 e. The molecule has 0 aliphatic carbocycles. The number of thioether (sulfide) groups is 1. The van der Waals surface area contributed by atoms with Crippen LogP contribution in [0.2, 0.25) is 0 Å². The average Bonchev–Trinajstić information content (AvgIpc) is 3.84. The molecule has 302 valence electrons. The molecular formula is C43H45N5O9S. The number of H-pyrrole nitrogens is 1. The summed E-state index contributed by atoms with van der Waals surface area (Å²) < 4.78 is 36.6. The zero-order valence-electron chi connectivity index (χ0n) is 33.2. The lowest BCUT2D eigenvalue weighted by atomic mass is 9.71. The topological polar surface area (TPSA) is 168 Å². The summed E-state index contributed by atoms with van der Waals surface area (Å²) >= 11 is 1.57. The Morgan fingerprint density at radius 3 is 2.67 bits per heavy atom. The van der Waals surface area contributed by atoms with Crippen molar-refractivity contribution in [1.82, 2.24) is 20.1 Å². The number of aryl methyl sites for hydroxylation is 1. The van der Waals surface area contributed by atoms with Gasteiger partial charge in [0.05, 0.1) is 44.2 Å². The zero-order valence-corrected chi connectivity index (χ0v) is 34.0. The second-order valence-corrected chi connectivity index (χ2v) is 17.3. The molecule has 0 radical (unpaired) electrons. The molecule has 58 heavy (non-hydrogen) atoms. The molecule has 15 heteroatoms. The number of hydrogen-bond donors (Lipinski definition) is 3. The maximum absolute atomic E-state index is 14.9. The first-order valence-electron chi connectivity index (χ1n) is 19.6. The predicted molar refractivity (Wildman–Crippen MR) is 213 cm³/mol. The number of nitrogens with one attached hydrogen (secondary N) is 2. The molecule has 6 aliphatic heterocycles. The Morgan fingerprint density at radius 1 is 1.10 bits per heavy atom. The first-order valence-corrected chi connectivity index (χ1v) is 20.7. The van der Waals surface area contributed by atoms with Gasteiger partial charge in [0.2, 0.25) is 6.79 Å². The van der Waals surface area contributed by atoms with Crippen LogP contribution in [0, 0.1) is 25.2 Å². The Balaban J connectivity index is 1.25. The van der Waals surface area contributed by atoms with Crippen LogP contribution in [0.1, 0.15) is 68.9 Å². The third-order valence-corrected chi connectivity index (χ3v) is 14.8. The number of nitrogens with zero attached hydrogens (tertiary/aromatic N) is 3. The van der Waals surface area contributed by atoms with Gasteiger partial charge in [0.1, 0.15) is 29.7 Å². The van der Waals surface area contributed by atoms with Gasteiger partial charge in [0.15, 0.2) is 28.8 Å². The Kier molecular flexibility index (Phi) is 8.70. The van der Waals surface area contributed by atoms with Gasteiger partial charge in [-0.3, -0.25) is 24.7 Å². The number of Topliss-reactive ketones (excluding diaryl/α,β-unsaturated/α-hetero) is 1. The van der Waals surface area contributed by atoms with Crippen LogP contribution in [0.15, 0.2) is 24.3 Å². The van der Waals surface area contributed by atoms with Crippen molar-refractivity contribution in [2.24, 2.45) is 0 Å². The summed E-state index contributed by atoms with van der Waals surface area (Å²) in [4.78, 5) is 36.1. The standard InChI is InChI=1S/C43H45N5O9S/c1-19-11-22-12-27-28(14-44)48-29-15-54-16-30(50)43(42-24(9-10-45-43)25-13-23(52-5)7-8-26(25)46-42)17-58-41(35(48)34(47(27)4)31(22)36(51)37(19)53-6)33-32(29)40-39(55-18-56-40)20(2)38(33)57-21(3)49/h7-8,11,13,27-29,34-35,41,45-46,51H,9-10,12,15-18H2,1-6H3/t27-,28-,29+,34+,35?,41+,43-/m0/s1. The Hall–Kier alpha value is -4.98. The monoisotopic (exact) mass is 807 g/mol. The van der Waals surface area contributed by atoms with E-state index in [-0.39, 0.29) is 43.3 Å². The maximum Gasteiger partial charge on any atom is 0.308 e. The van der Waals surface area contributed by atoms with Gasteiger partial charge >= 0.3 is 5.97 Å². The molecule has 0 saturated carbocycles. The number of carbonyl (C=O) groups excluding carboxylic acids is 2. The fourth-order valence-corrected chi connectivity index (χ4v) is 12.7. The molecule has 1 aromatic heterocycles. The minimum absolute atomic E-state index is 0.0230. The van der Waals surface area contributed by atoms with Gasteiger partial charge in [-0.2, -0.15) is 5.26 Å². The van der Waals surface area contributed by atoms with Crippen molar-refractivity contribution in [1.29, 1.82) is 5.26 Å². The number of phenols is 1. The smallest absolute Gasteiger partial charge is 0.308 e. The van der Waals surface area contributed by atoms with Crippen molar-refractivity contribution in [3.05, 3.63) is 68.9 Å². The second-order valence-electron chi connectivity index (χ2n) is 16.1. The summed E-state index contributed by atoms with van der Waals surface area (Å²) in [7, 11) is 5.21. The Bertz CT molecular complexity index is 2480. The average molecular weight is 808 g/mol. The summed E-state index contributed by atoms with van der Waals surface area (Å²) in [6.45, 7) is 5.49. The molecule has 1 saturated heterocycles. The molecule has 7 atom stereocenters. The zero-order chi connectivity index (χ0) is 40.4. The van der Waals surface area contributed by atoms with Gasteiger partial charge in [0, 0.05) is 70.2 Å². The number of aromatic amines is 1. The molecule has 7 heterocycles. The number of piperazine rings is 1. The lowest BCUT2D eigenvalue weighted by Crippen LogP contribution is -2.69. The van der Waals surface area contributed by atoms with Crippen LogP contribution in [0.4, 0.5) is 0 Å². The summed E-state index contributed by atoms with van der Waals surface area (Å²) in [5.74, 6) is 2.18. The quantitative estimate of drug-likeness (QED) is 0.191. The van der Waals surface area contributed by atoms with E-state index < -0.39 is 40.9 Å². The van der Waals surface area contributed by atoms with E-state index in [9.17, 15) is 20.0 Å². The summed E-state index contributed by atoms with van der Waals surface area (Å²) in [5.41, 5.74) is 6.08. The number of fused-ring (bicyclic) bond motifs is 13. The van der Waals surface area contributed by atoms with Gasteiger partial charge in [-0.25, -0.2) is 0 Å². The Morgan fingerprint density at radius 2 is 1.91 bits per heavy atom. The van der Waals surface area contributed by atoms with Crippen LogP contribution < -0.4 is 29.0 Å². The van der Waals surface area contributed by atoms with Crippen LogP contribution in [-0.4, -0.2) is 103 Å². The van der Waals surface area contributed by atoms with E-state index >= 15 is 0 Å². The van der Waals surface area contributed by atoms with E-state index in [1.165, 1.54) is 6.92 Å². The van der Waals surface area contributed by atoms with Crippen molar-refractivity contribution in [2.75, 3.05) is 53.6 Å². The number of phenolic OH excluding ortho intramolecular Hbond substituents is 1. The van der Waals surface area contributed by atoms with Crippen molar-refractivity contribution >= 4 is 34.4 Å². The molecule has 6 aliphatic rings. The van der Waals surface area contributed by atoms with Crippen molar-refractivity contribution in [3.8, 4) is 40.6 Å². The normalized spacial score (nSPS) is 28.5. The van der Waals surface area contributed by atoms with Gasteiger partial charge < -0.3 is 38.5 Å². The van der Waals surface area contributed by atoms with Gasteiger partial charge in [-0.1, -0.05) is 6.07 Å². The van der Waals surface area contributed by atoms with Crippen molar-refractivity contribution in [3.63, 3.8) is 0 Å². The lowest BCUT2D eigenvalue weighted by Gasteiger charge is -2.61. The lowest BCUT2D eigenvalue weighted by molar-refractivity contribution is -0.133. The number of aromatic nitrogens is 1. The van der Waals surface area contributed by atoms with Crippen LogP contribution in [0.5, 0.6) is 34.5 Å². The molecule has 3 N–H and O–H groups in total. The van der Waals surface area contributed by atoms with Crippen LogP contribution >= 0.6 is 11.8 Å². The molecule has 3 aromatic carbocycles. The molecule has 4 aromatic rings. The number of esters is 1. The van der Waals surface area contributed by atoms with Crippen molar-refractivity contribution in [2.45, 2.75) is 74.6 Å². The molecule has 1 unspecified atom stereocenters. The molecule has 0 amide bonds. The number of ketones is 1. The van der Waals surface area contributed by atoms with Gasteiger partial charge in [0.25, 0.3) is 0 Å². The van der Waals surface area contributed by atoms with E-state index in [4.69, 9.17) is 28.4 Å². The van der Waals surface area contributed by atoms with Crippen LogP contribution in [0.3, 0.4) is 0 Å². The number of hydrogen-bond acceptors (Lipinski definition) is 14. The van der Waals surface area contributed by atoms with E-state index in [1.807, 2.05) is 39.1 Å². The fourth-order valence-electron chi connectivity index (χ4n) is 10.9. The highest BCUT2D eigenvalue weighted by Crippen LogP contribution is 2.64. The maximum atomic E-state index is 14.9. The van der Waals surface area contributed by atoms with E-state index in [0.717, 1.165) is 55.7 Å². The SMILES string of the molecule is COc1ccc2[nH]c3c(c2c1)CCN[C@]31CS[C@@H]2c3c(OC(C)=O)c(C)c4c(c3[C@@H](COCC1=O)N1C2[C@H]2c3c(cc(C)c(OC)c3O)C[C@@H]([C@@H]1C#N)N2C)OCO4. The van der Waals surface area contributed by atoms with Gasteiger partial charge in [-0.05, 0) is 68.6 Å². The fraction of sp³-hybridized carbons (Fsp3) is 0.465. The van der Waals surface area contributed by atoms with Gasteiger partial charge in [-0.15, -0.1) is 11.8 Å². The summed E-state index contributed by atoms with van der Waals surface area (Å²) in [5, 5.41) is 27.5. The highest BCUT2D eigenvalue weighted by molar-refractivity contribution is 7.99. The van der Waals surface area contributed by atoms with Crippen LogP contribution in [-0.2, 0) is 32.7 Å². The number of rotatable bonds is 3. The van der Waals surface area contributed by atoms with Crippen molar-refractivity contribution < 1.29 is 43.1 Å². The predicted octanol–water partition coefficient (Wildman–Crippen LogP) is 4.81. The minimum atomic E-state index is -1.20. The highest BCUT2D eigenvalue weighted by Gasteiger charge is 2.61. The summed E-state index contributed by atoms with van der Waals surface area (Å²) in [6, 6.07) is 8.16. The number of nitriles is 1. The molecule has 4 bridgehead atoms. The highest BCUT2D eigenvalue weighted by atomic mass is 32.2. The van der Waals surface area contributed by atoms with Crippen LogP contribution in [0.25, 0.3) is 10.9 Å². The van der Waals surface area contributed by atoms with E-state index in [1.54, 1.807) is 26.0 Å². The number of benzene rings is 3. The second kappa shape index (κ2) is 13.5. The first kappa shape index (κ1) is 37.3. The number of likely N-dealkylation sites (N-methyl/N-ethyl adjacent to an activating group) is 1. The third-order valence-electron chi connectivity index (χ3n) is 13.4. The molecule has 1 fully saturated rings. The molecular weight excluding hydrogens is 763 g/mol. The van der Waals surface area contributed by atoms with E-state index in [0.29, 0.717) is 47.9 Å². The third kappa shape index (κ3) is 5.05. The molecule has 10 rings (SSSR count). The molecule has 1 spiro atoms. The number of aromatic hydroxyl groups is 1. The Labute approximate surface area is 339 Å². The number of methoxy groups -OCH3 is 2. The number of ether oxygens (including phenoxy) is 6. The molecule has 14 nitrogen and oxygen atoms in total. The first-order chi connectivity index (χ1) is 28.0. The van der Waals surface area contributed by atoms with E-state index in [2.05, 4.69) is 32.2 Å². The summed E-state index contributed by atoms with van der Waals surface area (Å²) in [6.07, 6.45) is 1.21. The minimum Gasteiger partial charge on any atom is -0.504 e.